The standard InChI is InChI=1S/C21H25ClN4O2/c1-14(27)23-11-15-5-8-26-20(9-15)19(12-24-26)21(28)25-7-6-17(13-25)16-3-2-4-18(22)10-16/h2-4,10,12,15,17H,5-9,11,13H2,1H3,(H,23,27). The third kappa shape index (κ3) is 3.92. The highest BCUT2D eigenvalue weighted by Crippen LogP contribution is 2.31. The summed E-state index contributed by atoms with van der Waals surface area (Å²) in [6.07, 6.45) is 4.39. The van der Waals surface area contributed by atoms with Crippen LogP contribution in [0.15, 0.2) is 30.5 Å². The molecule has 0 radical (unpaired) electrons. The molecule has 1 aromatic heterocycles. The van der Waals surface area contributed by atoms with Crippen molar-refractivity contribution in [1.82, 2.24) is 20.0 Å². The lowest BCUT2D eigenvalue weighted by Crippen LogP contribution is -2.34. The molecule has 2 aromatic rings. The molecule has 1 saturated heterocycles. The highest BCUT2D eigenvalue weighted by atomic mass is 35.5. The number of likely N-dealkylation sites (tertiary alicyclic amines) is 1. The highest BCUT2D eigenvalue weighted by Gasteiger charge is 2.32. The van der Waals surface area contributed by atoms with E-state index in [1.807, 2.05) is 27.8 Å². The van der Waals surface area contributed by atoms with Crippen LogP contribution in [0.2, 0.25) is 5.02 Å². The van der Waals surface area contributed by atoms with Crippen molar-refractivity contribution in [3.8, 4) is 0 Å². The maximum atomic E-state index is 13.2. The molecule has 28 heavy (non-hydrogen) atoms. The van der Waals surface area contributed by atoms with Crippen LogP contribution in [0.25, 0.3) is 0 Å². The second-order valence-electron chi connectivity index (χ2n) is 7.82. The number of fused-ring (bicyclic) bond motifs is 1. The van der Waals surface area contributed by atoms with Gasteiger partial charge in [-0.15, -0.1) is 0 Å². The molecule has 6 nitrogen and oxygen atoms in total. The van der Waals surface area contributed by atoms with E-state index >= 15 is 0 Å². The normalized spacial score (nSPS) is 21.4. The molecule has 0 spiro atoms. The molecule has 0 bridgehead atoms. The fraction of sp³-hybridized carbons (Fsp3) is 0.476. The molecule has 4 rings (SSSR count). The maximum absolute atomic E-state index is 13.2. The van der Waals surface area contributed by atoms with Crippen molar-refractivity contribution >= 4 is 23.4 Å². The van der Waals surface area contributed by atoms with Gasteiger partial charge in [0.25, 0.3) is 5.91 Å². The molecule has 148 valence electrons. The third-order valence-corrected chi connectivity index (χ3v) is 6.08. The van der Waals surface area contributed by atoms with Gasteiger partial charge in [-0.05, 0) is 42.9 Å². The Morgan fingerprint density at radius 2 is 2.14 bits per heavy atom. The van der Waals surface area contributed by atoms with Gasteiger partial charge in [0.05, 0.1) is 17.5 Å². The highest BCUT2D eigenvalue weighted by molar-refractivity contribution is 6.30. The van der Waals surface area contributed by atoms with Crippen LogP contribution in [0, 0.1) is 5.92 Å². The average molecular weight is 401 g/mol. The third-order valence-electron chi connectivity index (χ3n) is 5.85. The molecule has 2 unspecified atom stereocenters. The zero-order valence-corrected chi connectivity index (χ0v) is 16.8. The van der Waals surface area contributed by atoms with Gasteiger partial charge in [-0.25, -0.2) is 0 Å². The van der Waals surface area contributed by atoms with Gasteiger partial charge in [-0.2, -0.15) is 5.10 Å². The number of aromatic nitrogens is 2. The van der Waals surface area contributed by atoms with E-state index in [0.29, 0.717) is 30.5 Å². The van der Waals surface area contributed by atoms with Crippen LogP contribution >= 0.6 is 11.6 Å². The van der Waals surface area contributed by atoms with Gasteiger partial charge in [-0.3, -0.25) is 14.3 Å². The second-order valence-corrected chi connectivity index (χ2v) is 8.25. The van der Waals surface area contributed by atoms with E-state index < -0.39 is 0 Å². The van der Waals surface area contributed by atoms with Crippen LogP contribution in [0.5, 0.6) is 0 Å². The monoisotopic (exact) mass is 400 g/mol. The Hall–Kier alpha value is -2.34. The second kappa shape index (κ2) is 7.95. The van der Waals surface area contributed by atoms with Gasteiger partial charge < -0.3 is 10.2 Å². The summed E-state index contributed by atoms with van der Waals surface area (Å²) in [5.74, 6) is 0.712. The summed E-state index contributed by atoms with van der Waals surface area (Å²) < 4.78 is 1.95. The zero-order chi connectivity index (χ0) is 19.7. The summed E-state index contributed by atoms with van der Waals surface area (Å²) in [6.45, 7) is 4.42. The molecule has 3 heterocycles. The predicted molar refractivity (Wildman–Crippen MR) is 107 cm³/mol. The number of rotatable bonds is 4. The first-order valence-corrected chi connectivity index (χ1v) is 10.2. The molecule has 1 aromatic carbocycles. The van der Waals surface area contributed by atoms with Crippen LogP contribution in [-0.4, -0.2) is 46.1 Å². The molecular formula is C21H25ClN4O2. The Labute approximate surface area is 169 Å². The maximum Gasteiger partial charge on any atom is 0.257 e. The van der Waals surface area contributed by atoms with Crippen LogP contribution < -0.4 is 5.32 Å². The molecule has 2 aliphatic heterocycles. The summed E-state index contributed by atoms with van der Waals surface area (Å²) in [7, 11) is 0. The van der Waals surface area contributed by atoms with E-state index in [1.165, 1.54) is 12.5 Å². The van der Waals surface area contributed by atoms with Crippen molar-refractivity contribution in [2.75, 3.05) is 19.6 Å². The Bertz CT molecular complexity index is 894. The minimum atomic E-state index is -0.0143. The number of benzene rings is 1. The molecule has 7 heteroatoms. The van der Waals surface area contributed by atoms with Crippen LogP contribution in [-0.2, 0) is 17.8 Å². The van der Waals surface area contributed by atoms with Gasteiger partial charge in [-0.1, -0.05) is 23.7 Å². The van der Waals surface area contributed by atoms with Gasteiger partial charge in [0.1, 0.15) is 0 Å². The Balaban J connectivity index is 1.45. The fourth-order valence-corrected chi connectivity index (χ4v) is 4.49. The van der Waals surface area contributed by atoms with Gasteiger partial charge in [0, 0.05) is 44.0 Å². The molecule has 1 fully saturated rings. The van der Waals surface area contributed by atoms with E-state index in [4.69, 9.17) is 11.6 Å². The van der Waals surface area contributed by atoms with Crippen molar-refractivity contribution in [3.63, 3.8) is 0 Å². The van der Waals surface area contributed by atoms with Gasteiger partial charge in [0.15, 0.2) is 0 Å². The quantitative estimate of drug-likeness (QED) is 0.858. The SMILES string of the molecule is CC(=O)NCC1CCn2ncc(C(=O)N3CCC(c4cccc(Cl)c4)C3)c2C1. The lowest BCUT2D eigenvalue weighted by atomic mass is 9.94. The van der Waals surface area contributed by atoms with Crippen LogP contribution in [0.1, 0.15) is 47.3 Å². The summed E-state index contributed by atoms with van der Waals surface area (Å²) in [4.78, 5) is 26.3. The summed E-state index contributed by atoms with van der Waals surface area (Å²) >= 11 is 6.12. The molecule has 2 atom stereocenters. The van der Waals surface area contributed by atoms with Crippen molar-refractivity contribution < 1.29 is 9.59 Å². The minimum Gasteiger partial charge on any atom is -0.356 e. The lowest BCUT2D eigenvalue weighted by molar-refractivity contribution is -0.119. The van der Waals surface area contributed by atoms with E-state index in [2.05, 4.69) is 16.5 Å². The Morgan fingerprint density at radius 3 is 2.93 bits per heavy atom. The number of carbonyl (C=O) groups excluding carboxylic acids is 2. The van der Waals surface area contributed by atoms with E-state index in [1.54, 1.807) is 6.20 Å². The Morgan fingerprint density at radius 1 is 1.29 bits per heavy atom. The van der Waals surface area contributed by atoms with Crippen molar-refractivity contribution in [1.29, 1.82) is 0 Å². The smallest absolute Gasteiger partial charge is 0.257 e. The number of amides is 2. The number of nitrogens with zero attached hydrogens (tertiary/aromatic N) is 3. The summed E-state index contributed by atoms with van der Waals surface area (Å²) in [5.41, 5.74) is 2.90. The van der Waals surface area contributed by atoms with E-state index in [0.717, 1.165) is 43.1 Å². The number of hydrogen-bond donors (Lipinski definition) is 1. The first-order valence-electron chi connectivity index (χ1n) is 9.85. The van der Waals surface area contributed by atoms with Crippen molar-refractivity contribution in [3.05, 3.63) is 52.3 Å². The molecule has 0 aliphatic carbocycles. The number of nitrogens with one attached hydrogen (secondary N) is 1. The van der Waals surface area contributed by atoms with Crippen molar-refractivity contribution in [2.24, 2.45) is 5.92 Å². The molecule has 1 N–H and O–H groups in total. The molecule has 0 saturated carbocycles. The number of hydrogen-bond acceptors (Lipinski definition) is 3. The summed E-state index contributed by atoms with van der Waals surface area (Å²) in [6, 6.07) is 7.92. The molecular weight excluding hydrogens is 376 g/mol. The minimum absolute atomic E-state index is 0.0143. The van der Waals surface area contributed by atoms with Gasteiger partial charge in [0.2, 0.25) is 5.91 Å². The largest absolute Gasteiger partial charge is 0.356 e. The first-order chi connectivity index (χ1) is 13.5. The van der Waals surface area contributed by atoms with E-state index in [9.17, 15) is 9.59 Å². The fourth-order valence-electron chi connectivity index (χ4n) is 4.29. The number of aryl methyl sites for hydroxylation is 1. The topological polar surface area (TPSA) is 67.2 Å². The number of halogens is 1. The van der Waals surface area contributed by atoms with E-state index in [-0.39, 0.29) is 11.8 Å². The van der Waals surface area contributed by atoms with Crippen LogP contribution in [0.4, 0.5) is 0 Å². The Kier molecular flexibility index (Phi) is 5.40. The first kappa shape index (κ1) is 19.0. The molecule has 2 aliphatic rings. The summed E-state index contributed by atoms with van der Waals surface area (Å²) in [5, 5.41) is 8.06. The van der Waals surface area contributed by atoms with Gasteiger partial charge >= 0.3 is 0 Å². The van der Waals surface area contributed by atoms with Crippen molar-refractivity contribution in [2.45, 2.75) is 38.6 Å². The predicted octanol–water partition coefficient (Wildman–Crippen LogP) is 2.86. The average Bonchev–Trinajstić information content (AvgIpc) is 3.33. The zero-order valence-electron chi connectivity index (χ0n) is 16.0. The lowest BCUT2D eigenvalue weighted by Gasteiger charge is -2.25. The molecule has 2 amide bonds. The van der Waals surface area contributed by atoms with Crippen LogP contribution in [0.3, 0.4) is 0 Å². The number of carbonyl (C=O) groups is 2.